The molecule has 1 aromatic carbocycles. The first-order chi connectivity index (χ1) is 14.0. The summed E-state index contributed by atoms with van der Waals surface area (Å²) < 4.78 is 0. The maximum absolute atomic E-state index is 12.2. The molecule has 0 radical (unpaired) electrons. The van der Waals surface area contributed by atoms with E-state index in [1.807, 2.05) is 31.2 Å². The molecule has 0 unspecified atom stereocenters. The molecule has 3 rings (SSSR count). The lowest BCUT2D eigenvalue weighted by molar-refractivity contribution is -0.122. The van der Waals surface area contributed by atoms with Gasteiger partial charge < -0.3 is 16.0 Å². The average molecular weight is 414 g/mol. The average Bonchev–Trinajstić information content (AvgIpc) is 3.12. The Kier molecular flexibility index (Phi) is 7.63. The highest BCUT2D eigenvalue weighted by Gasteiger charge is 2.25. The second-order valence-electron chi connectivity index (χ2n) is 7.69. The van der Waals surface area contributed by atoms with Gasteiger partial charge in [0.05, 0.1) is 18.8 Å². The zero-order valence-corrected chi connectivity index (χ0v) is 18.3. The Morgan fingerprint density at radius 1 is 1.31 bits per heavy atom. The van der Waals surface area contributed by atoms with E-state index in [9.17, 15) is 4.79 Å². The van der Waals surface area contributed by atoms with Crippen LogP contribution in [0, 0.1) is 5.92 Å². The molecule has 1 amide bonds. The topological polar surface area (TPSA) is 78.4 Å². The zero-order chi connectivity index (χ0) is 20.6. The van der Waals surface area contributed by atoms with Crippen LogP contribution >= 0.6 is 11.3 Å². The number of hydrogen-bond acceptors (Lipinski definition) is 4. The number of aromatic nitrogens is 1. The number of amides is 1. The summed E-state index contributed by atoms with van der Waals surface area (Å²) in [5.41, 5.74) is 3.04. The van der Waals surface area contributed by atoms with Crippen LogP contribution in [0.5, 0.6) is 0 Å². The lowest BCUT2D eigenvalue weighted by Gasteiger charge is -2.24. The third kappa shape index (κ3) is 6.29. The van der Waals surface area contributed by atoms with E-state index in [-0.39, 0.29) is 11.8 Å². The van der Waals surface area contributed by atoms with Crippen LogP contribution < -0.4 is 16.0 Å². The van der Waals surface area contributed by atoms with Crippen LogP contribution in [0.15, 0.2) is 34.6 Å². The Labute approximate surface area is 177 Å². The number of anilines is 1. The lowest BCUT2D eigenvalue weighted by Crippen LogP contribution is -2.36. The van der Waals surface area contributed by atoms with Crippen LogP contribution in [0.2, 0.25) is 0 Å². The van der Waals surface area contributed by atoms with Gasteiger partial charge in [0.2, 0.25) is 5.91 Å². The second kappa shape index (κ2) is 10.4. The number of hydrogen-bond donors (Lipinski definition) is 3. The summed E-state index contributed by atoms with van der Waals surface area (Å²) in [4.78, 5) is 21.5. The van der Waals surface area contributed by atoms with E-state index in [2.05, 4.69) is 45.2 Å². The molecule has 1 aliphatic carbocycles. The van der Waals surface area contributed by atoms with Crippen molar-refractivity contribution in [3.63, 3.8) is 0 Å². The van der Waals surface area contributed by atoms with Crippen molar-refractivity contribution in [2.75, 3.05) is 11.9 Å². The van der Waals surface area contributed by atoms with Crippen molar-refractivity contribution < 1.29 is 4.79 Å². The molecule has 1 aliphatic rings. The maximum Gasteiger partial charge on any atom is 0.227 e. The number of carbonyl (C=O) groups excluding carboxylic acids is 1. The Morgan fingerprint density at radius 3 is 2.79 bits per heavy atom. The summed E-state index contributed by atoms with van der Waals surface area (Å²) in [6.07, 6.45) is 3.17. The number of benzene rings is 1. The van der Waals surface area contributed by atoms with Gasteiger partial charge >= 0.3 is 0 Å². The van der Waals surface area contributed by atoms with Crippen LogP contribution in [0.4, 0.5) is 5.69 Å². The number of rotatable bonds is 8. The van der Waals surface area contributed by atoms with Crippen molar-refractivity contribution in [2.45, 2.75) is 59.0 Å². The first-order valence-electron chi connectivity index (χ1n) is 10.4. The van der Waals surface area contributed by atoms with Crippen molar-refractivity contribution in [1.82, 2.24) is 15.6 Å². The molecule has 1 heterocycles. The monoisotopic (exact) mass is 413 g/mol. The van der Waals surface area contributed by atoms with Gasteiger partial charge in [0, 0.05) is 23.5 Å². The van der Waals surface area contributed by atoms with Gasteiger partial charge in [-0.05, 0) is 43.4 Å². The van der Waals surface area contributed by atoms with Gasteiger partial charge in [-0.25, -0.2) is 9.98 Å². The van der Waals surface area contributed by atoms with Gasteiger partial charge in [0.1, 0.15) is 5.01 Å². The van der Waals surface area contributed by atoms with Crippen LogP contribution in [-0.4, -0.2) is 23.4 Å². The van der Waals surface area contributed by atoms with Crippen LogP contribution in [0.1, 0.15) is 62.2 Å². The quantitative estimate of drug-likeness (QED) is 0.446. The number of aliphatic imine (C=N–C) groups is 1. The van der Waals surface area contributed by atoms with E-state index < -0.39 is 0 Å². The predicted molar refractivity (Wildman–Crippen MR) is 120 cm³/mol. The van der Waals surface area contributed by atoms with Crippen LogP contribution in [0.3, 0.4) is 0 Å². The minimum Gasteiger partial charge on any atom is -0.357 e. The third-order valence-electron chi connectivity index (χ3n) is 5.00. The summed E-state index contributed by atoms with van der Waals surface area (Å²) >= 11 is 1.67. The summed E-state index contributed by atoms with van der Waals surface area (Å²) in [6, 6.07) is 7.92. The molecule has 3 N–H and O–H groups in total. The number of guanidine groups is 1. The zero-order valence-electron chi connectivity index (χ0n) is 17.5. The highest BCUT2D eigenvalue weighted by atomic mass is 32.1. The Balaban J connectivity index is 1.57. The molecule has 1 fully saturated rings. The number of thiazole rings is 1. The summed E-state index contributed by atoms with van der Waals surface area (Å²) in [6.45, 7) is 8.34. The molecule has 0 saturated heterocycles. The molecule has 29 heavy (non-hydrogen) atoms. The first-order valence-corrected chi connectivity index (χ1v) is 11.3. The highest BCUT2D eigenvalue weighted by Crippen LogP contribution is 2.27. The van der Waals surface area contributed by atoms with E-state index in [1.54, 1.807) is 11.3 Å². The van der Waals surface area contributed by atoms with Gasteiger partial charge in [-0.3, -0.25) is 4.79 Å². The van der Waals surface area contributed by atoms with Crippen molar-refractivity contribution in [1.29, 1.82) is 0 Å². The number of nitrogens with one attached hydrogen (secondary N) is 3. The number of carbonyl (C=O) groups is 1. The molecule has 2 aromatic rings. The minimum absolute atomic E-state index is 0.135. The highest BCUT2D eigenvalue weighted by molar-refractivity contribution is 7.09. The minimum atomic E-state index is 0.135. The van der Waals surface area contributed by atoms with E-state index in [0.29, 0.717) is 19.0 Å². The maximum atomic E-state index is 12.2. The largest absolute Gasteiger partial charge is 0.357 e. The molecule has 0 bridgehead atoms. The molecule has 0 spiro atoms. The molecule has 7 heteroatoms. The standard InChI is InChI=1S/C22H31N5OS/c1-4-23-22(25-13-20-27-19(14-29-20)15(2)3)24-12-16-7-5-10-18(11-16)26-21(28)17-8-6-9-17/h5,7,10-11,14-15,17H,4,6,8-9,12-13H2,1-3H3,(H,26,28)(H2,23,24,25). The van der Waals surface area contributed by atoms with E-state index in [1.165, 1.54) is 0 Å². The SMILES string of the molecule is CCNC(=NCc1cccc(NC(=O)C2CCC2)c1)NCc1nc(C(C)C)cs1. The van der Waals surface area contributed by atoms with Gasteiger partial charge in [-0.1, -0.05) is 32.4 Å². The number of nitrogens with zero attached hydrogens (tertiary/aromatic N) is 2. The molecule has 1 saturated carbocycles. The third-order valence-corrected chi connectivity index (χ3v) is 5.87. The van der Waals surface area contributed by atoms with Crippen molar-refractivity contribution >= 4 is 28.9 Å². The smallest absolute Gasteiger partial charge is 0.227 e. The van der Waals surface area contributed by atoms with E-state index >= 15 is 0 Å². The second-order valence-corrected chi connectivity index (χ2v) is 8.63. The summed E-state index contributed by atoms with van der Waals surface area (Å²) in [7, 11) is 0. The molecular weight excluding hydrogens is 382 g/mol. The molecule has 6 nitrogen and oxygen atoms in total. The molecular formula is C22H31N5OS. The Hall–Kier alpha value is -2.41. The van der Waals surface area contributed by atoms with Gasteiger partial charge in [0.15, 0.2) is 5.96 Å². The molecule has 0 atom stereocenters. The van der Waals surface area contributed by atoms with Gasteiger partial charge in [0.25, 0.3) is 0 Å². The Bertz CT molecular complexity index is 841. The first kappa shape index (κ1) is 21.3. The molecule has 1 aromatic heterocycles. The molecule has 0 aliphatic heterocycles. The van der Waals surface area contributed by atoms with Gasteiger partial charge in [-0.2, -0.15) is 0 Å². The van der Waals surface area contributed by atoms with E-state index in [4.69, 9.17) is 0 Å². The van der Waals surface area contributed by atoms with Crippen molar-refractivity contribution in [3.05, 3.63) is 45.9 Å². The van der Waals surface area contributed by atoms with Gasteiger partial charge in [-0.15, -0.1) is 11.3 Å². The summed E-state index contributed by atoms with van der Waals surface area (Å²) in [5, 5.41) is 12.8. The predicted octanol–water partition coefficient (Wildman–Crippen LogP) is 4.26. The van der Waals surface area contributed by atoms with E-state index in [0.717, 1.165) is 53.7 Å². The fourth-order valence-corrected chi connectivity index (χ4v) is 3.90. The van der Waals surface area contributed by atoms with Crippen LogP contribution in [-0.2, 0) is 17.9 Å². The Morgan fingerprint density at radius 2 is 2.14 bits per heavy atom. The normalized spacial score (nSPS) is 14.6. The van der Waals surface area contributed by atoms with Crippen molar-refractivity contribution in [3.8, 4) is 0 Å². The molecule has 156 valence electrons. The lowest BCUT2D eigenvalue weighted by atomic mass is 9.85. The van der Waals surface area contributed by atoms with Crippen LogP contribution in [0.25, 0.3) is 0 Å². The van der Waals surface area contributed by atoms with Crippen molar-refractivity contribution in [2.24, 2.45) is 10.9 Å². The fourth-order valence-electron chi connectivity index (χ4n) is 3.01. The fraction of sp³-hybridized carbons (Fsp3) is 0.500. The summed E-state index contributed by atoms with van der Waals surface area (Å²) in [5.74, 6) is 1.52.